The first-order chi connectivity index (χ1) is 15.8. The van der Waals surface area contributed by atoms with Crippen molar-refractivity contribution >= 4 is 43.3 Å². The first-order valence-corrected chi connectivity index (χ1v) is 12.9. The predicted octanol–water partition coefficient (Wildman–Crippen LogP) is 2.08. The van der Waals surface area contributed by atoms with E-state index in [0.29, 0.717) is 40.5 Å². The SMILES string of the molecule is CCOC(=O)Cn1c(=NC(=O)CS(=O)(=O)Cc2ccccc2)sc2cc3c(cc21)OCCO3. The number of rotatable bonds is 7. The Morgan fingerprint density at radius 2 is 1.82 bits per heavy atom. The summed E-state index contributed by atoms with van der Waals surface area (Å²) < 4.78 is 43.5. The molecule has 11 heteroatoms. The van der Waals surface area contributed by atoms with E-state index >= 15 is 0 Å². The lowest BCUT2D eigenvalue weighted by atomic mass is 10.2. The average Bonchev–Trinajstić information content (AvgIpc) is 3.07. The van der Waals surface area contributed by atoms with Crippen LogP contribution in [0.1, 0.15) is 12.5 Å². The van der Waals surface area contributed by atoms with Crippen LogP contribution < -0.4 is 14.3 Å². The highest BCUT2D eigenvalue weighted by molar-refractivity contribution is 7.91. The molecule has 0 bridgehead atoms. The van der Waals surface area contributed by atoms with Crippen molar-refractivity contribution in [2.24, 2.45) is 4.99 Å². The van der Waals surface area contributed by atoms with Gasteiger partial charge in [0.15, 0.2) is 26.1 Å². The Labute approximate surface area is 194 Å². The van der Waals surface area contributed by atoms with Gasteiger partial charge in [0, 0.05) is 12.1 Å². The van der Waals surface area contributed by atoms with Crippen LogP contribution >= 0.6 is 11.3 Å². The molecular formula is C22H22N2O7S2. The fraction of sp³-hybridized carbons (Fsp3) is 0.318. The highest BCUT2D eigenvalue weighted by Crippen LogP contribution is 2.35. The third-order valence-corrected chi connectivity index (χ3v) is 7.23. The van der Waals surface area contributed by atoms with E-state index in [4.69, 9.17) is 14.2 Å². The standard InChI is InChI=1S/C22H22N2O7S2/c1-2-29-21(26)12-24-16-10-17-18(31-9-8-30-17)11-19(16)32-22(24)23-20(25)14-33(27,28)13-15-6-4-3-5-7-15/h3-7,10-11H,2,8-9,12-14H2,1H3. The second kappa shape index (κ2) is 9.75. The molecule has 0 aliphatic carbocycles. The maximum atomic E-state index is 12.6. The van der Waals surface area contributed by atoms with Crippen molar-refractivity contribution in [3.05, 3.63) is 52.8 Å². The lowest BCUT2D eigenvalue weighted by Crippen LogP contribution is -2.25. The molecule has 0 unspecified atom stereocenters. The van der Waals surface area contributed by atoms with Crippen molar-refractivity contribution in [1.82, 2.24) is 4.57 Å². The van der Waals surface area contributed by atoms with E-state index < -0.39 is 27.5 Å². The Bertz CT molecular complexity index is 1360. The zero-order valence-electron chi connectivity index (χ0n) is 17.9. The number of hydrogen-bond acceptors (Lipinski definition) is 8. The fourth-order valence-corrected chi connectivity index (χ4v) is 5.69. The number of esters is 1. The summed E-state index contributed by atoms with van der Waals surface area (Å²) >= 11 is 1.15. The number of amides is 1. The van der Waals surface area contributed by atoms with Gasteiger partial charge in [-0.25, -0.2) is 8.42 Å². The Morgan fingerprint density at radius 1 is 1.12 bits per heavy atom. The number of aromatic nitrogens is 1. The maximum Gasteiger partial charge on any atom is 0.326 e. The number of hydrogen-bond donors (Lipinski definition) is 0. The molecule has 4 rings (SSSR count). The second-order valence-corrected chi connectivity index (χ2v) is 10.3. The molecule has 0 radical (unpaired) electrons. The van der Waals surface area contributed by atoms with Gasteiger partial charge in [-0.15, -0.1) is 0 Å². The van der Waals surface area contributed by atoms with Crippen LogP contribution in [0.3, 0.4) is 0 Å². The molecule has 33 heavy (non-hydrogen) atoms. The maximum absolute atomic E-state index is 12.6. The minimum Gasteiger partial charge on any atom is -0.486 e. The third-order valence-electron chi connectivity index (χ3n) is 4.73. The van der Waals surface area contributed by atoms with E-state index in [1.807, 2.05) is 0 Å². The fourth-order valence-electron chi connectivity index (χ4n) is 3.39. The van der Waals surface area contributed by atoms with Crippen LogP contribution in [0.15, 0.2) is 47.5 Å². The summed E-state index contributed by atoms with van der Waals surface area (Å²) in [5, 5.41) is 0. The first kappa shape index (κ1) is 23.0. The zero-order chi connectivity index (χ0) is 23.4. The molecule has 0 saturated carbocycles. The molecule has 0 spiro atoms. The molecule has 0 atom stereocenters. The van der Waals surface area contributed by atoms with Gasteiger partial charge in [-0.2, -0.15) is 4.99 Å². The Balaban J connectivity index is 1.68. The molecule has 3 aromatic rings. The number of ether oxygens (including phenoxy) is 3. The molecule has 0 N–H and O–H groups in total. The van der Waals surface area contributed by atoms with Gasteiger partial charge in [0.1, 0.15) is 25.5 Å². The number of thiazole rings is 1. The summed E-state index contributed by atoms with van der Waals surface area (Å²) in [6.45, 7) is 2.53. The largest absolute Gasteiger partial charge is 0.486 e. The molecule has 174 valence electrons. The monoisotopic (exact) mass is 490 g/mol. The average molecular weight is 491 g/mol. The molecule has 1 amide bonds. The predicted molar refractivity (Wildman–Crippen MR) is 122 cm³/mol. The number of nitrogens with zero attached hydrogens (tertiary/aromatic N) is 2. The quantitative estimate of drug-likeness (QED) is 0.466. The van der Waals surface area contributed by atoms with Crippen LogP contribution in [0.5, 0.6) is 11.5 Å². The van der Waals surface area contributed by atoms with Crippen LogP contribution in [0.25, 0.3) is 10.2 Å². The third kappa shape index (κ3) is 5.60. The van der Waals surface area contributed by atoms with Crippen LogP contribution in [0.2, 0.25) is 0 Å². The highest BCUT2D eigenvalue weighted by Gasteiger charge is 2.20. The van der Waals surface area contributed by atoms with Gasteiger partial charge >= 0.3 is 5.97 Å². The van der Waals surface area contributed by atoms with Gasteiger partial charge in [-0.05, 0) is 12.5 Å². The van der Waals surface area contributed by atoms with Crippen molar-refractivity contribution in [3.8, 4) is 11.5 Å². The molecule has 0 fully saturated rings. The second-order valence-electron chi connectivity index (χ2n) is 7.26. The minimum atomic E-state index is -3.72. The van der Waals surface area contributed by atoms with Crippen LogP contribution in [-0.4, -0.2) is 50.4 Å². The zero-order valence-corrected chi connectivity index (χ0v) is 19.5. The summed E-state index contributed by atoms with van der Waals surface area (Å²) in [4.78, 5) is 29.0. The lowest BCUT2D eigenvalue weighted by molar-refractivity contribution is -0.143. The van der Waals surface area contributed by atoms with Gasteiger partial charge in [-0.1, -0.05) is 41.7 Å². The van der Waals surface area contributed by atoms with E-state index in [9.17, 15) is 18.0 Å². The first-order valence-electron chi connectivity index (χ1n) is 10.2. The van der Waals surface area contributed by atoms with Gasteiger partial charge < -0.3 is 18.8 Å². The smallest absolute Gasteiger partial charge is 0.326 e. The number of fused-ring (bicyclic) bond motifs is 2. The Hall–Kier alpha value is -3.18. The topological polar surface area (TPSA) is 113 Å². The summed E-state index contributed by atoms with van der Waals surface area (Å²) in [6.07, 6.45) is 0. The van der Waals surface area contributed by atoms with E-state index in [0.717, 1.165) is 11.3 Å². The molecule has 1 aliphatic rings. The molecule has 0 saturated heterocycles. The number of sulfone groups is 1. The lowest BCUT2D eigenvalue weighted by Gasteiger charge is -2.18. The van der Waals surface area contributed by atoms with Crippen molar-refractivity contribution in [3.63, 3.8) is 0 Å². The van der Waals surface area contributed by atoms with Gasteiger partial charge in [0.25, 0.3) is 5.91 Å². The summed E-state index contributed by atoms with van der Waals surface area (Å²) in [5.74, 6) is -1.23. The van der Waals surface area contributed by atoms with Gasteiger partial charge in [0.2, 0.25) is 0 Å². The molecule has 2 aromatic carbocycles. The summed E-state index contributed by atoms with van der Waals surface area (Å²) in [6, 6.07) is 12.1. The normalized spacial score (nSPS) is 13.8. The van der Waals surface area contributed by atoms with Crippen LogP contribution in [-0.2, 0) is 36.5 Å². The molecule has 2 heterocycles. The van der Waals surface area contributed by atoms with Crippen molar-refractivity contribution in [2.45, 2.75) is 19.2 Å². The molecule has 1 aliphatic heterocycles. The Kier molecular flexibility index (Phi) is 6.80. The molecule has 1 aromatic heterocycles. The van der Waals surface area contributed by atoms with E-state index in [1.165, 1.54) is 4.57 Å². The number of benzene rings is 2. The van der Waals surface area contributed by atoms with E-state index in [2.05, 4.69) is 4.99 Å². The van der Waals surface area contributed by atoms with Gasteiger partial charge in [-0.3, -0.25) is 9.59 Å². The highest BCUT2D eigenvalue weighted by atomic mass is 32.2. The van der Waals surface area contributed by atoms with Crippen LogP contribution in [0, 0.1) is 0 Å². The van der Waals surface area contributed by atoms with Crippen LogP contribution in [0.4, 0.5) is 0 Å². The molecular weight excluding hydrogens is 468 g/mol. The summed E-state index contributed by atoms with van der Waals surface area (Å²) in [7, 11) is -3.72. The number of carbonyl (C=O) groups excluding carboxylic acids is 2. The van der Waals surface area contributed by atoms with Crippen molar-refractivity contribution in [1.29, 1.82) is 0 Å². The summed E-state index contributed by atoms with van der Waals surface area (Å²) in [5.41, 5.74) is 1.20. The van der Waals surface area contributed by atoms with Gasteiger partial charge in [0.05, 0.1) is 22.6 Å². The van der Waals surface area contributed by atoms with E-state index in [1.54, 1.807) is 49.4 Å². The molecule has 9 nitrogen and oxygen atoms in total. The Morgan fingerprint density at radius 3 is 2.52 bits per heavy atom. The van der Waals surface area contributed by atoms with E-state index in [-0.39, 0.29) is 23.7 Å². The van der Waals surface area contributed by atoms with Crippen molar-refractivity contribution in [2.75, 3.05) is 25.6 Å². The minimum absolute atomic E-state index is 0.184. The van der Waals surface area contributed by atoms with Crippen molar-refractivity contribution < 1.29 is 32.2 Å². The number of carbonyl (C=O) groups is 2.